The van der Waals surface area contributed by atoms with Crippen LogP contribution in [0.2, 0.25) is 0 Å². The Bertz CT molecular complexity index is 435. The molecule has 1 heterocycles. The lowest BCUT2D eigenvalue weighted by Gasteiger charge is -2.30. The van der Waals surface area contributed by atoms with Gasteiger partial charge >= 0.3 is 5.97 Å². The van der Waals surface area contributed by atoms with Gasteiger partial charge in [-0.05, 0) is 26.7 Å². The zero-order valence-corrected chi connectivity index (χ0v) is 12.7. The summed E-state index contributed by atoms with van der Waals surface area (Å²) in [5, 5.41) is 12.1. The predicted octanol–water partition coefficient (Wildman–Crippen LogP) is 1.00. The van der Waals surface area contributed by atoms with Gasteiger partial charge in [-0.25, -0.2) is 0 Å². The van der Waals surface area contributed by atoms with Crippen molar-refractivity contribution in [3.05, 3.63) is 0 Å². The quantitative estimate of drug-likeness (QED) is 0.810. The van der Waals surface area contributed by atoms with Crippen LogP contribution in [0.5, 0.6) is 0 Å². The molecule has 6 nitrogen and oxygen atoms in total. The van der Waals surface area contributed by atoms with E-state index in [1.165, 1.54) is 0 Å². The van der Waals surface area contributed by atoms with E-state index in [4.69, 9.17) is 0 Å². The maximum atomic E-state index is 12.3. The fraction of sp³-hybridized carbons (Fsp3) is 0.800. The number of hydrogen-bond acceptors (Lipinski definition) is 3. The molecule has 0 bridgehead atoms. The van der Waals surface area contributed by atoms with Crippen LogP contribution in [-0.2, 0) is 14.4 Å². The van der Waals surface area contributed by atoms with Crippen molar-refractivity contribution in [2.24, 2.45) is 11.8 Å². The second kappa shape index (κ2) is 6.45. The topological polar surface area (TPSA) is 86.7 Å². The number of aliphatic carboxylic acids is 1. The third-order valence-electron chi connectivity index (χ3n) is 4.56. The highest BCUT2D eigenvalue weighted by Crippen LogP contribution is 2.26. The third-order valence-corrected chi connectivity index (χ3v) is 4.56. The number of carbonyl (C=O) groups is 3. The first-order chi connectivity index (χ1) is 9.90. The third kappa shape index (κ3) is 3.54. The summed E-state index contributed by atoms with van der Waals surface area (Å²) in [5.74, 6) is -1.86. The van der Waals surface area contributed by atoms with E-state index in [-0.39, 0.29) is 36.2 Å². The largest absolute Gasteiger partial charge is 0.481 e. The first kappa shape index (κ1) is 15.8. The van der Waals surface area contributed by atoms with Crippen LogP contribution < -0.4 is 5.32 Å². The molecule has 21 heavy (non-hydrogen) atoms. The van der Waals surface area contributed by atoms with E-state index in [0.29, 0.717) is 19.4 Å². The van der Waals surface area contributed by atoms with Gasteiger partial charge in [-0.1, -0.05) is 12.8 Å². The molecular formula is C15H24N2O4. The zero-order valence-electron chi connectivity index (χ0n) is 12.7. The number of carboxylic acids is 1. The molecule has 118 valence electrons. The number of carbonyl (C=O) groups excluding carboxylic acids is 2. The summed E-state index contributed by atoms with van der Waals surface area (Å²) in [5.41, 5.74) is 0. The van der Waals surface area contributed by atoms with Crippen molar-refractivity contribution in [3.8, 4) is 0 Å². The van der Waals surface area contributed by atoms with Crippen molar-refractivity contribution in [2.45, 2.75) is 58.0 Å². The van der Waals surface area contributed by atoms with Crippen molar-refractivity contribution in [2.75, 3.05) is 6.54 Å². The van der Waals surface area contributed by atoms with Crippen LogP contribution in [0, 0.1) is 11.8 Å². The van der Waals surface area contributed by atoms with E-state index < -0.39 is 11.9 Å². The highest BCUT2D eigenvalue weighted by atomic mass is 16.4. The van der Waals surface area contributed by atoms with E-state index in [1.807, 2.05) is 13.8 Å². The van der Waals surface area contributed by atoms with Crippen molar-refractivity contribution in [1.82, 2.24) is 10.2 Å². The highest BCUT2D eigenvalue weighted by molar-refractivity contribution is 5.89. The van der Waals surface area contributed by atoms with Gasteiger partial charge in [0, 0.05) is 25.0 Å². The molecule has 2 N–H and O–H groups in total. The van der Waals surface area contributed by atoms with E-state index in [2.05, 4.69) is 5.32 Å². The summed E-state index contributed by atoms with van der Waals surface area (Å²) in [7, 11) is 0. The van der Waals surface area contributed by atoms with Crippen LogP contribution in [0.1, 0.15) is 46.0 Å². The van der Waals surface area contributed by atoms with Gasteiger partial charge in [0.25, 0.3) is 0 Å². The van der Waals surface area contributed by atoms with Gasteiger partial charge in [0.1, 0.15) is 0 Å². The Morgan fingerprint density at radius 2 is 1.95 bits per heavy atom. The number of hydrogen-bond donors (Lipinski definition) is 2. The molecule has 0 aromatic rings. The Balaban J connectivity index is 1.95. The van der Waals surface area contributed by atoms with Crippen molar-refractivity contribution in [1.29, 1.82) is 0 Å². The number of nitrogens with one attached hydrogen (secondary N) is 1. The molecule has 2 rings (SSSR count). The summed E-state index contributed by atoms with van der Waals surface area (Å²) in [4.78, 5) is 37.1. The zero-order chi connectivity index (χ0) is 15.6. The average molecular weight is 296 g/mol. The molecule has 6 heteroatoms. The molecule has 3 unspecified atom stereocenters. The minimum atomic E-state index is -0.841. The van der Waals surface area contributed by atoms with Gasteiger partial charge in [-0.3, -0.25) is 14.4 Å². The van der Waals surface area contributed by atoms with Gasteiger partial charge < -0.3 is 15.3 Å². The molecule has 2 aliphatic rings. The normalized spacial score (nSPS) is 29.8. The van der Waals surface area contributed by atoms with Crippen LogP contribution in [-0.4, -0.2) is 46.4 Å². The minimum absolute atomic E-state index is 0.00331. The lowest BCUT2D eigenvalue weighted by molar-refractivity contribution is -0.144. The summed E-state index contributed by atoms with van der Waals surface area (Å²) >= 11 is 0. The molecule has 1 aliphatic heterocycles. The Hall–Kier alpha value is -1.59. The SMILES string of the molecule is CC(C)N1CC(C(=O)NC2CCCCC2C(=O)O)CC1=O. The molecule has 1 saturated heterocycles. The summed E-state index contributed by atoms with van der Waals surface area (Å²) in [6, 6.07) is -0.205. The maximum absolute atomic E-state index is 12.3. The summed E-state index contributed by atoms with van der Waals surface area (Å²) in [6.45, 7) is 4.30. The number of amides is 2. The highest BCUT2D eigenvalue weighted by Gasteiger charge is 2.38. The van der Waals surface area contributed by atoms with E-state index in [1.54, 1.807) is 4.90 Å². The number of rotatable bonds is 4. The predicted molar refractivity (Wildman–Crippen MR) is 76.5 cm³/mol. The van der Waals surface area contributed by atoms with Crippen LogP contribution in [0.3, 0.4) is 0 Å². The van der Waals surface area contributed by atoms with Crippen LogP contribution >= 0.6 is 0 Å². The monoisotopic (exact) mass is 296 g/mol. The Morgan fingerprint density at radius 1 is 1.29 bits per heavy atom. The summed E-state index contributed by atoms with van der Waals surface area (Å²) < 4.78 is 0. The molecule has 0 radical (unpaired) electrons. The first-order valence-corrected chi connectivity index (χ1v) is 7.72. The van der Waals surface area contributed by atoms with Gasteiger partial charge in [-0.15, -0.1) is 0 Å². The van der Waals surface area contributed by atoms with E-state index in [0.717, 1.165) is 12.8 Å². The standard InChI is InChI=1S/C15H24N2O4/c1-9(2)17-8-10(7-13(17)18)14(19)16-12-6-4-3-5-11(12)15(20)21/h9-12H,3-8H2,1-2H3,(H,16,19)(H,20,21). The van der Waals surface area contributed by atoms with Gasteiger partial charge in [-0.2, -0.15) is 0 Å². The molecule has 1 saturated carbocycles. The van der Waals surface area contributed by atoms with Crippen molar-refractivity contribution < 1.29 is 19.5 Å². The molecule has 2 fully saturated rings. The number of likely N-dealkylation sites (tertiary alicyclic amines) is 1. The van der Waals surface area contributed by atoms with Crippen molar-refractivity contribution >= 4 is 17.8 Å². The number of carboxylic acid groups (broad SMARTS) is 1. The second-order valence-electron chi connectivity index (χ2n) is 6.39. The van der Waals surface area contributed by atoms with Crippen LogP contribution in [0.4, 0.5) is 0 Å². The molecule has 0 aromatic carbocycles. The van der Waals surface area contributed by atoms with Gasteiger partial charge in [0.15, 0.2) is 0 Å². The van der Waals surface area contributed by atoms with E-state index in [9.17, 15) is 19.5 Å². The lowest BCUT2D eigenvalue weighted by atomic mass is 9.84. The fourth-order valence-electron chi connectivity index (χ4n) is 3.31. The molecule has 2 amide bonds. The smallest absolute Gasteiger partial charge is 0.308 e. The average Bonchev–Trinajstić information content (AvgIpc) is 2.81. The minimum Gasteiger partial charge on any atom is -0.481 e. The van der Waals surface area contributed by atoms with Gasteiger partial charge in [0.2, 0.25) is 11.8 Å². The Kier molecular flexibility index (Phi) is 4.85. The lowest BCUT2D eigenvalue weighted by Crippen LogP contribution is -2.47. The van der Waals surface area contributed by atoms with Crippen molar-refractivity contribution in [3.63, 3.8) is 0 Å². The van der Waals surface area contributed by atoms with Crippen LogP contribution in [0.15, 0.2) is 0 Å². The molecule has 1 aliphatic carbocycles. The molecule has 0 aromatic heterocycles. The Labute approximate surface area is 124 Å². The molecule has 3 atom stereocenters. The van der Waals surface area contributed by atoms with Crippen LogP contribution in [0.25, 0.3) is 0 Å². The molecular weight excluding hydrogens is 272 g/mol. The second-order valence-corrected chi connectivity index (χ2v) is 6.39. The first-order valence-electron chi connectivity index (χ1n) is 7.72. The van der Waals surface area contributed by atoms with Gasteiger partial charge in [0.05, 0.1) is 11.8 Å². The molecule has 0 spiro atoms. The van der Waals surface area contributed by atoms with E-state index >= 15 is 0 Å². The number of nitrogens with zero attached hydrogens (tertiary/aromatic N) is 1. The Morgan fingerprint density at radius 3 is 2.52 bits per heavy atom. The maximum Gasteiger partial charge on any atom is 0.308 e. The summed E-state index contributed by atoms with van der Waals surface area (Å²) in [6.07, 6.45) is 3.39. The fourth-order valence-corrected chi connectivity index (χ4v) is 3.31.